The monoisotopic (exact) mass is 291 g/mol. The van der Waals surface area contributed by atoms with Gasteiger partial charge in [-0.1, -0.05) is 0 Å². The molecule has 5 nitrogen and oxygen atoms in total. The van der Waals surface area contributed by atoms with Crippen molar-refractivity contribution in [2.75, 3.05) is 26.7 Å². The van der Waals surface area contributed by atoms with Crippen LogP contribution in [0.4, 0.5) is 0 Å². The zero-order valence-corrected chi connectivity index (χ0v) is 12.8. The minimum absolute atomic E-state index is 0.177. The van der Waals surface area contributed by atoms with E-state index in [9.17, 15) is 4.79 Å². The van der Waals surface area contributed by atoms with Gasteiger partial charge in [0.15, 0.2) is 0 Å². The number of rotatable bonds is 5. The molecule has 2 saturated heterocycles. The number of hydrogen-bond donors (Lipinski definition) is 1. The van der Waals surface area contributed by atoms with Gasteiger partial charge >= 0.3 is 0 Å². The lowest BCUT2D eigenvalue weighted by molar-refractivity contribution is -0.132. The molecule has 5 heteroatoms. The Morgan fingerprint density at radius 3 is 3.10 bits per heavy atom. The summed E-state index contributed by atoms with van der Waals surface area (Å²) in [5, 5.41) is 3.59. The van der Waals surface area contributed by atoms with Gasteiger partial charge in [0.2, 0.25) is 5.91 Å². The molecular formula is C16H25N3O2. The summed E-state index contributed by atoms with van der Waals surface area (Å²) in [6.45, 7) is 3.25. The lowest BCUT2D eigenvalue weighted by Crippen LogP contribution is -2.47. The first-order valence-corrected chi connectivity index (χ1v) is 7.98. The minimum atomic E-state index is 0.177. The van der Waals surface area contributed by atoms with Crippen molar-refractivity contribution in [2.45, 2.75) is 44.3 Å². The molecular weight excluding hydrogens is 266 g/mol. The summed E-state index contributed by atoms with van der Waals surface area (Å²) in [6.07, 6.45) is 6.58. The fourth-order valence-electron chi connectivity index (χ4n) is 3.56. The molecule has 0 bridgehead atoms. The van der Waals surface area contributed by atoms with Crippen LogP contribution in [0.5, 0.6) is 0 Å². The quantitative estimate of drug-likeness (QED) is 0.892. The molecule has 2 unspecified atom stereocenters. The van der Waals surface area contributed by atoms with Crippen LogP contribution >= 0.6 is 0 Å². The van der Waals surface area contributed by atoms with E-state index in [-0.39, 0.29) is 5.91 Å². The highest BCUT2D eigenvalue weighted by atomic mass is 16.3. The molecule has 1 N–H and O–H groups in total. The first-order chi connectivity index (χ1) is 10.2. The summed E-state index contributed by atoms with van der Waals surface area (Å²) in [5.41, 5.74) is 0. The number of carbonyl (C=O) groups excluding carboxylic acids is 1. The van der Waals surface area contributed by atoms with E-state index in [1.165, 1.54) is 25.7 Å². The topological polar surface area (TPSA) is 48.7 Å². The van der Waals surface area contributed by atoms with Gasteiger partial charge in [0.25, 0.3) is 0 Å². The molecule has 0 aromatic carbocycles. The summed E-state index contributed by atoms with van der Waals surface area (Å²) in [7, 11) is 1.85. The summed E-state index contributed by atoms with van der Waals surface area (Å²) >= 11 is 0. The van der Waals surface area contributed by atoms with E-state index in [1.54, 1.807) is 11.2 Å². The number of likely N-dealkylation sites (N-methyl/N-ethyl adjacent to an activating group) is 1. The number of likely N-dealkylation sites (tertiary alicyclic amines) is 1. The maximum absolute atomic E-state index is 12.4. The van der Waals surface area contributed by atoms with Crippen molar-refractivity contribution in [3.05, 3.63) is 24.2 Å². The van der Waals surface area contributed by atoms with Crippen molar-refractivity contribution in [2.24, 2.45) is 0 Å². The number of nitrogens with one attached hydrogen (secondary N) is 1. The van der Waals surface area contributed by atoms with Gasteiger partial charge in [-0.15, -0.1) is 0 Å². The Labute approximate surface area is 126 Å². The smallest absolute Gasteiger partial charge is 0.236 e. The Morgan fingerprint density at radius 2 is 2.38 bits per heavy atom. The zero-order chi connectivity index (χ0) is 14.7. The van der Waals surface area contributed by atoms with Crippen LogP contribution in [-0.4, -0.2) is 54.5 Å². The van der Waals surface area contributed by atoms with E-state index in [2.05, 4.69) is 10.2 Å². The van der Waals surface area contributed by atoms with Crippen LogP contribution in [0.15, 0.2) is 22.8 Å². The molecule has 0 aliphatic carbocycles. The summed E-state index contributed by atoms with van der Waals surface area (Å²) in [6, 6.07) is 4.88. The van der Waals surface area contributed by atoms with E-state index in [0.29, 0.717) is 25.2 Å². The number of furan rings is 1. The van der Waals surface area contributed by atoms with E-state index in [4.69, 9.17) is 4.42 Å². The highest BCUT2D eigenvalue weighted by Gasteiger charge is 2.34. The van der Waals surface area contributed by atoms with Gasteiger partial charge < -0.3 is 14.6 Å². The predicted molar refractivity (Wildman–Crippen MR) is 80.8 cm³/mol. The largest absolute Gasteiger partial charge is 0.467 e. The maximum atomic E-state index is 12.4. The number of hydrogen-bond acceptors (Lipinski definition) is 4. The van der Waals surface area contributed by atoms with Crippen LogP contribution in [0.2, 0.25) is 0 Å². The van der Waals surface area contributed by atoms with Gasteiger partial charge in [-0.3, -0.25) is 9.69 Å². The Balaban J connectivity index is 1.53. The lowest BCUT2D eigenvalue weighted by atomic mass is 10.0. The molecule has 1 aromatic rings. The maximum Gasteiger partial charge on any atom is 0.236 e. The van der Waals surface area contributed by atoms with E-state index >= 15 is 0 Å². The van der Waals surface area contributed by atoms with Gasteiger partial charge in [0.05, 0.1) is 19.4 Å². The number of carbonyl (C=O) groups is 1. The van der Waals surface area contributed by atoms with Crippen molar-refractivity contribution < 1.29 is 9.21 Å². The van der Waals surface area contributed by atoms with Gasteiger partial charge in [-0.2, -0.15) is 0 Å². The van der Waals surface area contributed by atoms with Crippen molar-refractivity contribution in [1.29, 1.82) is 0 Å². The number of nitrogens with zero attached hydrogens (tertiary/aromatic N) is 2. The molecule has 2 fully saturated rings. The van der Waals surface area contributed by atoms with E-state index in [1.807, 2.05) is 19.2 Å². The van der Waals surface area contributed by atoms with Gasteiger partial charge in [-0.25, -0.2) is 0 Å². The van der Waals surface area contributed by atoms with Crippen LogP contribution < -0.4 is 5.32 Å². The third kappa shape index (κ3) is 3.47. The van der Waals surface area contributed by atoms with Crippen LogP contribution in [-0.2, 0) is 11.3 Å². The second-order valence-electron chi connectivity index (χ2n) is 6.21. The normalized spacial score (nSPS) is 26.3. The first-order valence-electron chi connectivity index (χ1n) is 7.98. The Kier molecular flexibility index (Phi) is 4.60. The highest BCUT2D eigenvalue weighted by molar-refractivity contribution is 5.78. The molecule has 2 aliphatic rings. The van der Waals surface area contributed by atoms with E-state index < -0.39 is 0 Å². The molecule has 0 saturated carbocycles. The highest BCUT2D eigenvalue weighted by Crippen LogP contribution is 2.24. The molecule has 3 heterocycles. The van der Waals surface area contributed by atoms with Crippen molar-refractivity contribution in [3.63, 3.8) is 0 Å². The standard InChI is InChI=1S/C16H25N3O2/c1-18(11-13-5-4-10-21-13)16(20)12-19-9-3-7-15(19)14-6-2-8-17-14/h4-5,10,14-15,17H,2-3,6-9,11-12H2,1H3. The van der Waals surface area contributed by atoms with Crippen LogP contribution in [0, 0.1) is 0 Å². The SMILES string of the molecule is CN(Cc1ccco1)C(=O)CN1CCCC1C1CCCN1. The summed E-state index contributed by atoms with van der Waals surface area (Å²) in [5.74, 6) is 1.01. The van der Waals surface area contributed by atoms with Crippen molar-refractivity contribution in [3.8, 4) is 0 Å². The minimum Gasteiger partial charge on any atom is -0.467 e. The third-order valence-corrected chi connectivity index (χ3v) is 4.71. The first kappa shape index (κ1) is 14.6. The van der Waals surface area contributed by atoms with Gasteiger partial charge in [-0.05, 0) is 50.9 Å². The van der Waals surface area contributed by atoms with E-state index in [0.717, 1.165) is 18.8 Å². The second-order valence-corrected chi connectivity index (χ2v) is 6.21. The Hall–Kier alpha value is -1.33. The van der Waals surface area contributed by atoms with Crippen molar-refractivity contribution >= 4 is 5.91 Å². The summed E-state index contributed by atoms with van der Waals surface area (Å²) in [4.78, 5) is 16.5. The molecule has 2 aliphatic heterocycles. The van der Waals surface area contributed by atoms with Crippen LogP contribution in [0.25, 0.3) is 0 Å². The molecule has 116 valence electrons. The fourth-order valence-corrected chi connectivity index (χ4v) is 3.56. The third-order valence-electron chi connectivity index (χ3n) is 4.71. The average Bonchev–Trinajstić information content (AvgIpc) is 3.20. The molecule has 2 atom stereocenters. The van der Waals surface area contributed by atoms with Gasteiger partial charge in [0.1, 0.15) is 5.76 Å². The van der Waals surface area contributed by atoms with Gasteiger partial charge in [0, 0.05) is 19.1 Å². The number of amides is 1. The molecule has 21 heavy (non-hydrogen) atoms. The molecule has 3 rings (SSSR count). The average molecular weight is 291 g/mol. The summed E-state index contributed by atoms with van der Waals surface area (Å²) < 4.78 is 5.31. The zero-order valence-electron chi connectivity index (χ0n) is 12.8. The molecule has 0 radical (unpaired) electrons. The fraction of sp³-hybridized carbons (Fsp3) is 0.688. The van der Waals surface area contributed by atoms with Crippen LogP contribution in [0.1, 0.15) is 31.4 Å². The Morgan fingerprint density at radius 1 is 1.48 bits per heavy atom. The molecule has 1 aromatic heterocycles. The molecule has 1 amide bonds. The predicted octanol–water partition coefficient (Wildman–Crippen LogP) is 1.45. The van der Waals surface area contributed by atoms with Crippen molar-refractivity contribution in [1.82, 2.24) is 15.1 Å². The molecule has 0 spiro atoms. The lowest BCUT2D eigenvalue weighted by Gasteiger charge is -2.30. The van der Waals surface area contributed by atoms with Crippen LogP contribution in [0.3, 0.4) is 0 Å². The Bertz CT molecular complexity index is 454. The second kappa shape index (κ2) is 6.62.